The second-order valence-corrected chi connectivity index (χ2v) is 6.36. The van der Waals surface area contributed by atoms with Crippen LogP contribution in [0.4, 0.5) is 5.69 Å². The highest BCUT2D eigenvalue weighted by Gasteiger charge is 2.40. The molecule has 2 aromatic carbocycles. The summed E-state index contributed by atoms with van der Waals surface area (Å²) in [7, 11) is 0. The van der Waals surface area contributed by atoms with Crippen molar-refractivity contribution in [1.82, 2.24) is 4.90 Å². The average Bonchev–Trinajstić information content (AvgIpc) is 3.24. The third-order valence-electron chi connectivity index (χ3n) is 4.98. The van der Waals surface area contributed by atoms with Crippen LogP contribution in [0.25, 0.3) is 10.8 Å². The van der Waals surface area contributed by atoms with Gasteiger partial charge in [-0.3, -0.25) is 9.59 Å². The highest BCUT2D eigenvalue weighted by Crippen LogP contribution is 2.32. The van der Waals surface area contributed by atoms with E-state index >= 15 is 0 Å². The summed E-state index contributed by atoms with van der Waals surface area (Å²) in [4.78, 5) is 29.1. The molecule has 1 atom stereocenters. The maximum absolute atomic E-state index is 12.8. The van der Waals surface area contributed by atoms with Crippen molar-refractivity contribution in [2.24, 2.45) is 5.92 Å². The van der Waals surface area contributed by atoms with Crippen LogP contribution >= 0.6 is 0 Å². The summed E-state index contributed by atoms with van der Waals surface area (Å²) in [5, 5.41) is 2.18. The maximum atomic E-state index is 12.8. The zero-order chi connectivity index (χ0) is 15.8. The van der Waals surface area contributed by atoms with E-state index in [1.807, 2.05) is 47.4 Å². The van der Waals surface area contributed by atoms with Crippen LogP contribution in [0.2, 0.25) is 0 Å². The van der Waals surface area contributed by atoms with Gasteiger partial charge < -0.3 is 9.80 Å². The molecule has 2 aliphatic heterocycles. The van der Waals surface area contributed by atoms with Gasteiger partial charge in [-0.1, -0.05) is 36.4 Å². The van der Waals surface area contributed by atoms with Gasteiger partial charge in [0, 0.05) is 25.0 Å². The van der Waals surface area contributed by atoms with Gasteiger partial charge in [0.05, 0.1) is 5.69 Å². The number of rotatable bonds is 2. The molecule has 0 aromatic heterocycles. The fourth-order valence-corrected chi connectivity index (χ4v) is 3.75. The third kappa shape index (κ3) is 2.38. The van der Waals surface area contributed by atoms with Crippen LogP contribution < -0.4 is 4.90 Å². The van der Waals surface area contributed by atoms with Gasteiger partial charge in [0.2, 0.25) is 11.8 Å². The van der Waals surface area contributed by atoms with Gasteiger partial charge in [0.25, 0.3) is 0 Å². The molecule has 4 heteroatoms. The quantitative estimate of drug-likeness (QED) is 0.801. The minimum atomic E-state index is -0.493. The Labute approximate surface area is 135 Å². The lowest BCUT2D eigenvalue weighted by Gasteiger charge is -2.21. The first-order valence-corrected chi connectivity index (χ1v) is 8.33. The molecule has 0 saturated carbocycles. The highest BCUT2D eigenvalue weighted by atomic mass is 16.2. The topological polar surface area (TPSA) is 40.6 Å². The van der Waals surface area contributed by atoms with Crippen molar-refractivity contribution in [3.05, 3.63) is 42.5 Å². The number of likely N-dealkylation sites (tertiary alicyclic amines) is 1. The van der Waals surface area contributed by atoms with Crippen LogP contribution in [0.15, 0.2) is 42.5 Å². The number of anilines is 1. The van der Waals surface area contributed by atoms with Crippen LogP contribution in [0.3, 0.4) is 0 Å². The Morgan fingerprint density at radius 1 is 0.957 bits per heavy atom. The molecule has 0 aliphatic carbocycles. The first-order valence-electron chi connectivity index (χ1n) is 8.33. The van der Waals surface area contributed by atoms with Gasteiger partial charge in [-0.05, 0) is 30.7 Å². The molecule has 4 nitrogen and oxygen atoms in total. The van der Waals surface area contributed by atoms with Gasteiger partial charge in [-0.15, -0.1) is 0 Å². The third-order valence-corrected chi connectivity index (χ3v) is 4.98. The molecular weight excluding hydrogens is 288 g/mol. The molecule has 2 saturated heterocycles. The van der Waals surface area contributed by atoms with E-state index in [4.69, 9.17) is 0 Å². The average molecular weight is 308 g/mol. The Morgan fingerprint density at radius 2 is 1.70 bits per heavy atom. The molecule has 2 amide bonds. The van der Waals surface area contributed by atoms with Gasteiger partial charge >= 0.3 is 0 Å². The summed E-state index contributed by atoms with van der Waals surface area (Å²) in [6.07, 6.45) is 2.73. The van der Waals surface area contributed by atoms with E-state index in [0.717, 1.165) is 42.4 Å². The Bertz CT molecular complexity index is 760. The van der Waals surface area contributed by atoms with Gasteiger partial charge in [0.15, 0.2) is 0 Å². The number of fused-ring (bicyclic) bond motifs is 1. The Balaban J connectivity index is 1.63. The SMILES string of the molecule is O=C(C1CCN(c2cccc3ccccc23)C1=O)N1CCCC1. The smallest absolute Gasteiger partial charge is 0.239 e. The number of amides is 2. The normalized spacial score (nSPS) is 21.4. The maximum Gasteiger partial charge on any atom is 0.239 e. The molecule has 2 heterocycles. The molecule has 1 unspecified atom stereocenters. The first kappa shape index (κ1) is 14.2. The number of nitrogens with zero attached hydrogens (tertiary/aromatic N) is 2. The molecule has 2 aliphatic rings. The Morgan fingerprint density at radius 3 is 2.52 bits per heavy atom. The van der Waals surface area contributed by atoms with E-state index in [1.54, 1.807) is 4.90 Å². The van der Waals surface area contributed by atoms with Gasteiger partial charge in [-0.2, -0.15) is 0 Å². The lowest BCUT2D eigenvalue weighted by molar-refractivity contribution is -0.139. The summed E-state index contributed by atoms with van der Waals surface area (Å²) in [5.41, 5.74) is 0.921. The van der Waals surface area contributed by atoms with Crippen molar-refractivity contribution in [2.45, 2.75) is 19.3 Å². The monoisotopic (exact) mass is 308 g/mol. The number of hydrogen-bond donors (Lipinski definition) is 0. The molecule has 23 heavy (non-hydrogen) atoms. The highest BCUT2D eigenvalue weighted by molar-refractivity contribution is 6.12. The number of carbonyl (C=O) groups excluding carboxylic acids is 2. The van der Waals surface area contributed by atoms with Gasteiger partial charge in [0.1, 0.15) is 5.92 Å². The molecule has 4 rings (SSSR count). The fourth-order valence-electron chi connectivity index (χ4n) is 3.75. The summed E-state index contributed by atoms with van der Waals surface area (Å²) in [6, 6.07) is 14.1. The van der Waals surface area contributed by atoms with Crippen LogP contribution in [-0.2, 0) is 9.59 Å². The van der Waals surface area contributed by atoms with Crippen molar-refractivity contribution in [1.29, 1.82) is 0 Å². The van der Waals surface area contributed by atoms with Crippen molar-refractivity contribution in [2.75, 3.05) is 24.5 Å². The summed E-state index contributed by atoms with van der Waals surface area (Å²) in [6.45, 7) is 2.23. The number of carbonyl (C=O) groups is 2. The minimum absolute atomic E-state index is 0.0234. The lowest BCUT2D eigenvalue weighted by Crippen LogP contribution is -2.38. The molecule has 0 bridgehead atoms. The van der Waals surface area contributed by atoms with Crippen LogP contribution in [-0.4, -0.2) is 36.3 Å². The molecule has 0 radical (unpaired) electrons. The second-order valence-electron chi connectivity index (χ2n) is 6.36. The number of benzene rings is 2. The predicted octanol–water partition coefficient (Wildman–Crippen LogP) is 2.82. The van der Waals surface area contributed by atoms with E-state index in [2.05, 4.69) is 0 Å². The Hall–Kier alpha value is -2.36. The summed E-state index contributed by atoms with van der Waals surface area (Å²) in [5.74, 6) is -0.513. The Kier molecular flexibility index (Phi) is 3.52. The van der Waals surface area contributed by atoms with Crippen LogP contribution in [0, 0.1) is 5.92 Å². The first-order chi connectivity index (χ1) is 11.3. The van der Waals surface area contributed by atoms with Crippen LogP contribution in [0.5, 0.6) is 0 Å². The van der Waals surface area contributed by atoms with Crippen LogP contribution in [0.1, 0.15) is 19.3 Å². The number of hydrogen-bond acceptors (Lipinski definition) is 2. The largest absolute Gasteiger partial charge is 0.342 e. The van der Waals surface area contributed by atoms with Gasteiger partial charge in [-0.25, -0.2) is 0 Å². The molecule has 0 N–H and O–H groups in total. The molecule has 0 spiro atoms. The van der Waals surface area contributed by atoms with E-state index < -0.39 is 5.92 Å². The minimum Gasteiger partial charge on any atom is -0.342 e. The summed E-state index contributed by atoms with van der Waals surface area (Å²) >= 11 is 0. The molecule has 2 fully saturated rings. The molecule has 118 valence electrons. The standard InChI is InChI=1S/C19H20N2O2/c22-18(20-11-3-4-12-20)16-10-13-21(19(16)23)17-9-5-7-14-6-1-2-8-15(14)17/h1-2,5-9,16H,3-4,10-13H2. The van der Waals surface area contributed by atoms with Crippen molar-refractivity contribution >= 4 is 28.3 Å². The van der Waals surface area contributed by atoms with Crippen molar-refractivity contribution in [3.63, 3.8) is 0 Å². The van der Waals surface area contributed by atoms with Crippen molar-refractivity contribution in [3.8, 4) is 0 Å². The van der Waals surface area contributed by atoms with E-state index in [-0.39, 0.29) is 11.8 Å². The fraction of sp³-hybridized carbons (Fsp3) is 0.368. The molecule has 2 aromatic rings. The van der Waals surface area contributed by atoms with E-state index in [0.29, 0.717) is 13.0 Å². The van der Waals surface area contributed by atoms with E-state index in [9.17, 15) is 9.59 Å². The van der Waals surface area contributed by atoms with Crippen molar-refractivity contribution < 1.29 is 9.59 Å². The summed E-state index contributed by atoms with van der Waals surface area (Å²) < 4.78 is 0. The molecular formula is C19H20N2O2. The zero-order valence-electron chi connectivity index (χ0n) is 13.1. The van der Waals surface area contributed by atoms with E-state index in [1.165, 1.54) is 0 Å². The predicted molar refractivity (Wildman–Crippen MR) is 90.2 cm³/mol. The zero-order valence-corrected chi connectivity index (χ0v) is 13.1. The second kappa shape index (κ2) is 5.69. The lowest BCUT2D eigenvalue weighted by atomic mass is 10.1.